The standard InChI is InChI=1S/C15H22N6O2/c1-16-15(18-9-14-19-10-20-21(14)2)17-8-11-5-6-12(22-3)13(7-11)23-4/h5-7,10H,8-9H2,1-4H3,(H2,16,17,18). The van der Waals surface area contributed by atoms with Gasteiger partial charge in [-0.3, -0.25) is 9.67 Å². The number of guanidine groups is 1. The number of aliphatic imine (C=N–C) groups is 1. The summed E-state index contributed by atoms with van der Waals surface area (Å²) in [6, 6.07) is 5.79. The van der Waals surface area contributed by atoms with E-state index >= 15 is 0 Å². The molecule has 23 heavy (non-hydrogen) atoms. The summed E-state index contributed by atoms with van der Waals surface area (Å²) in [5, 5.41) is 10.5. The van der Waals surface area contributed by atoms with Crippen LogP contribution in [0.3, 0.4) is 0 Å². The summed E-state index contributed by atoms with van der Waals surface area (Å²) in [7, 11) is 6.81. The minimum Gasteiger partial charge on any atom is -0.493 e. The van der Waals surface area contributed by atoms with Crippen LogP contribution in [0.5, 0.6) is 11.5 Å². The number of nitrogens with zero attached hydrogens (tertiary/aromatic N) is 4. The van der Waals surface area contributed by atoms with Crippen molar-refractivity contribution >= 4 is 5.96 Å². The third kappa shape index (κ3) is 4.35. The van der Waals surface area contributed by atoms with Crippen LogP contribution in [0.15, 0.2) is 29.5 Å². The van der Waals surface area contributed by atoms with Gasteiger partial charge in [-0.15, -0.1) is 0 Å². The molecule has 0 aliphatic rings. The maximum Gasteiger partial charge on any atom is 0.191 e. The van der Waals surface area contributed by atoms with Gasteiger partial charge in [0, 0.05) is 20.6 Å². The molecule has 0 saturated carbocycles. The highest BCUT2D eigenvalue weighted by molar-refractivity contribution is 5.79. The fourth-order valence-corrected chi connectivity index (χ4v) is 2.04. The van der Waals surface area contributed by atoms with Crippen molar-refractivity contribution in [2.24, 2.45) is 12.0 Å². The van der Waals surface area contributed by atoms with Gasteiger partial charge >= 0.3 is 0 Å². The maximum absolute atomic E-state index is 5.30. The van der Waals surface area contributed by atoms with Crippen LogP contribution in [0.1, 0.15) is 11.4 Å². The second kappa shape index (κ2) is 8.02. The normalized spacial score (nSPS) is 11.2. The largest absolute Gasteiger partial charge is 0.493 e. The Morgan fingerprint density at radius 2 is 1.91 bits per heavy atom. The van der Waals surface area contributed by atoms with Gasteiger partial charge < -0.3 is 20.1 Å². The minimum atomic E-state index is 0.544. The van der Waals surface area contributed by atoms with Crippen LogP contribution in [0.4, 0.5) is 0 Å². The van der Waals surface area contributed by atoms with Crippen molar-refractivity contribution in [1.82, 2.24) is 25.4 Å². The Balaban J connectivity index is 1.91. The molecule has 0 aliphatic heterocycles. The van der Waals surface area contributed by atoms with E-state index in [1.807, 2.05) is 25.2 Å². The number of hydrogen-bond acceptors (Lipinski definition) is 5. The highest BCUT2D eigenvalue weighted by Gasteiger charge is 2.06. The first kappa shape index (κ1) is 16.6. The summed E-state index contributed by atoms with van der Waals surface area (Å²) >= 11 is 0. The maximum atomic E-state index is 5.30. The van der Waals surface area contributed by atoms with Crippen LogP contribution in [-0.4, -0.2) is 42.0 Å². The average molecular weight is 318 g/mol. The van der Waals surface area contributed by atoms with Crippen LogP contribution in [0, 0.1) is 0 Å². The Bertz CT molecular complexity index is 668. The number of rotatable bonds is 6. The van der Waals surface area contributed by atoms with Crippen molar-refractivity contribution in [3.05, 3.63) is 35.9 Å². The molecule has 2 aromatic rings. The van der Waals surface area contributed by atoms with Crippen LogP contribution < -0.4 is 20.1 Å². The van der Waals surface area contributed by atoms with Crippen molar-refractivity contribution in [3.8, 4) is 11.5 Å². The first-order valence-electron chi connectivity index (χ1n) is 7.16. The van der Waals surface area contributed by atoms with Gasteiger partial charge in [-0.25, -0.2) is 4.98 Å². The topological polar surface area (TPSA) is 85.6 Å². The number of hydrogen-bond donors (Lipinski definition) is 2. The minimum absolute atomic E-state index is 0.544. The summed E-state index contributed by atoms with van der Waals surface area (Å²) in [6.45, 7) is 1.15. The molecule has 0 bridgehead atoms. The quantitative estimate of drug-likeness (QED) is 0.602. The molecule has 124 valence electrons. The number of aryl methyl sites for hydroxylation is 1. The molecule has 8 heteroatoms. The van der Waals surface area contributed by atoms with Gasteiger partial charge in [0.25, 0.3) is 0 Å². The van der Waals surface area contributed by atoms with Crippen LogP contribution in [0.25, 0.3) is 0 Å². The molecule has 2 N–H and O–H groups in total. The fourth-order valence-electron chi connectivity index (χ4n) is 2.04. The zero-order chi connectivity index (χ0) is 16.7. The molecular weight excluding hydrogens is 296 g/mol. The number of methoxy groups -OCH3 is 2. The number of nitrogens with one attached hydrogen (secondary N) is 2. The lowest BCUT2D eigenvalue weighted by atomic mass is 10.2. The molecule has 0 unspecified atom stereocenters. The predicted molar refractivity (Wildman–Crippen MR) is 87.6 cm³/mol. The third-order valence-corrected chi connectivity index (χ3v) is 3.35. The zero-order valence-corrected chi connectivity index (χ0v) is 13.8. The molecule has 0 saturated heterocycles. The molecule has 1 aromatic heterocycles. The first-order valence-corrected chi connectivity index (χ1v) is 7.16. The fraction of sp³-hybridized carbons (Fsp3) is 0.400. The predicted octanol–water partition coefficient (Wildman–Crippen LogP) is 0.697. The molecule has 2 rings (SSSR count). The molecule has 0 aliphatic carbocycles. The monoisotopic (exact) mass is 318 g/mol. The van der Waals surface area contributed by atoms with E-state index in [1.165, 1.54) is 6.33 Å². The van der Waals surface area contributed by atoms with Crippen LogP contribution in [-0.2, 0) is 20.1 Å². The summed E-state index contributed by atoms with van der Waals surface area (Å²) in [4.78, 5) is 8.35. The Morgan fingerprint density at radius 1 is 1.17 bits per heavy atom. The van der Waals surface area contributed by atoms with Crippen molar-refractivity contribution in [2.75, 3.05) is 21.3 Å². The average Bonchev–Trinajstić information content (AvgIpc) is 2.99. The van der Waals surface area contributed by atoms with E-state index in [4.69, 9.17) is 9.47 Å². The smallest absolute Gasteiger partial charge is 0.191 e. The summed E-state index contributed by atoms with van der Waals surface area (Å²) in [5.74, 6) is 2.93. The molecule has 1 aromatic carbocycles. The van der Waals surface area contributed by atoms with E-state index in [0.29, 0.717) is 30.5 Å². The van der Waals surface area contributed by atoms with E-state index in [0.717, 1.165) is 11.4 Å². The van der Waals surface area contributed by atoms with E-state index in [1.54, 1.807) is 25.9 Å². The van der Waals surface area contributed by atoms with E-state index in [9.17, 15) is 0 Å². The van der Waals surface area contributed by atoms with Gasteiger partial charge in [0.1, 0.15) is 12.2 Å². The summed E-state index contributed by atoms with van der Waals surface area (Å²) in [6.07, 6.45) is 1.52. The van der Waals surface area contributed by atoms with Crippen molar-refractivity contribution in [1.29, 1.82) is 0 Å². The Kier molecular flexibility index (Phi) is 5.79. The Labute approximate surface area is 135 Å². The summed E-state index contributed by atoms with van der Waals surface area (Å²) < 4.78 is 12.3. The molecule has 1 heterocycles. The molecule has 0 atom stereocenters. The first-order chi connectivity index (χ1) is 11.2. The summed E-state index contributed by atoms with van der Waals surface area (Å²) in [5.41, 5.74) is 1.06. The van der Waals surface area contributed by atoms with Gasteiger partial charge in [-0.05, 0) is 17.7 Å². The lowest BCUT2D eigenvalue weighted by Crippen LogP contribution is -2.36. The van der Waals surface area contributed by atoms with Crippen molar-refractivity contribution in [3.63, 3.8) is 0 Å². The second-order valence-corrected chi connectivity index (χ2v) is 4.77. The van der Waals surface area contributed by atoms with Gasteiger partial charge in [-0.2, -0.15) is 5.10 Å². The van der Waals surface area contributed by atoms with E-state index in [2.05, 4.69) is 25.7 Å². The lowest BCUT2D eigenvalue weighted by molar-refractivity contribution is 0.354. The molecule has 0 radical (unpaired) electrons. The Hall–Kier alpha value is -2.77. The van der Waals surface area contributed by atoms with Crippen LogP contribution >= 0.6 is 0 Å². The molecule has 0 amide bonds. The molecular formula is C15H22N6O2. The molecule has 8 nitrogen and oxygen atoms in total. The highest BCUT2D eigenvalue weighted by atomic mass is 16.5. The number of ether oxygens (including phenoxy) is 2. The zero-order valence-electron chi connectivity index (χ0n) is 13.8. The van der Waals surface area contributed by atoms with Crippen LogP contribution in [0.2, 0.25) is 0 Å². The van der Waals surface area contributed by atoms with Gasteiger partial charge in [0.05, 0.1) is 20.8 Å². The van der Waals surface area contributed by atoms with Crippen molar-refractivity contribution in [2.45, 2.75) is 13.1 Å². The second-order valence-electron chi connectivity index (χ2n) is 4.77. The molecule has 0 spiro atoms. The third-order valence-electron chi connectivity index (χ3n) is 3.35. The van der Waals surface area contributed by atoms with Gasteiger partial charge in [0.2, 0.25) is 0 Å². The van der Waals surface area contributed by atoms with Gasteiger partial charge in [0.15, 0.2) is 17.5 Å². The SMILES string of the molecule is CN=C(NCc1ccc(OC)c(OC)c1)NCc1ncnn1C. The number of benzene rings is 1. The van der Waals surface area contributed by atoms with Gasteiger partial charge in [-0.1, -0.05) is 6.07 Å². The lowest BCUT2D eigenvalue weighted by Gasteiger charge is -2.13. The van der Waals surface area contributed by atoms with E-state index < -0.39 is 0 Å². The van der Waals surface area contributed by atoms with Crippen molar-refractivity contribution < 1.29 is 9.47 Å². The van der Waals surface area contributed by atoms with E-state index in [-0.39, 0.29) is 0 Å². The molecule has 0 fully saturated rings. The Morgan fingerprint density at radius 3 is 2.52 bits per heavy atom. The number of aromatic nitrogens is 3. The highest BCUT2D eigenvalue weighted by Crippen LogP contribution is 2.27.